The molecular weight excluding hydrogens is 421 g/mol. The number of morpholine rings is 2. The second kappa shape index (κ2) is 14.1. The van der Waals surface area contributed by atoms with E-state index in [4.69, 9.17) is 9.47 Å². The smallest absolute Gasteiger partial charge is 0.191 e. The Labute approximate surface area is 163 Å². The molecule has 2 N–H and O–H groups in total. The van der Waals surface area contributed by atoms with Crippen molar-refractivity contribution in [3.05, 3.63) is 0 Å². The minimum absolute atomic E-state index is 0. The number of ether oxygens (including phenoxy) is 2. The molecule has 0 amide bonds. The predicted octanol–water partition coefficient (Wildman–Crippen LogP) is 0.214. The zero-order valence-corrected chi connectivity index (χ0v) is 17.3. The van der Waals surface area contributed by atoms with Gasteiger partial charge in [-0.3, -0.25) is 14.8 Å². The highest BCUT2D eigenvalue weighted by Gasteiger charge is 2.10. The highest BCUT2D eigenvalue weighted by Crippen LogP contribution is 1.99. The topological polar surface area (TPSA) is 61.4 Å². The Morgan fingerprint density at radius 1 is 0.833 bits per heavy atom. The van der Waals surface area contributed by atoms with Gasteiger partial charge in [-0.15, -0.1) is 24.0 Å². The second-order valence-corrected chi connectivity index (χ2v) is 6.04. The number of hydrogen-bond donors (Lipinski definition) is 2. The molecule has 7 nitrogen and oxygen atoms in total. The van der Waals surface area contributed by atoms with Gasteiger partial charge in [-0.2, -0.15) is 0 Å². The van der Waals surface area contributed by atoms with Gasteiger partial charge in [-0.25, -0.2) is 0 Å². The second-order valence-electron chi connectivity index (χ2n) is 6.04. The molecule has 0 aromatic carbocycles. The van der Waals surface area contributed by atoms with E-state index in [9.17, 15) is 0 Å². The maximum absolute atomic E-state index is 5.37. The van der Waals surface area contributed by atoms with Crippen molar-refractivity contribution in [3.8, 4) is 0 Å². The summed E-state index contributed by atoms with van der Waals surface area (Å²) in [5, 5.41) is 6.78. The molecule has 0 aliphatic carbocycles. The lowest BCUT2D eigenvalue weighted by molar-refractivity contribution is 0.0372. The first-order valence-electron chi connectivity index (χ1n) is 8.93. The van der Waals surface area contributed by atoms with E-state index in [1.54, 1.807) is 0 Å². The monoisotopic (exact) mass is 455 g/mol. The molecule has 2 fully saturated rings. The molecule has 2 rings (SSSR count). The molecule has 0 saturated carbocycles. The third kappa shape index (κ3) is 9.36. The van der Waals surface area contributed by atoms with E-state index in [-0.39, 0.29) is 24.0 Å². The predicted molar refractivity (Wildman–Crippen MR) is 109 cm³/mol. The Balaban J connectivity index is 0.00000288. The van der Waals surface area contributed by atoms with Gasteiger partial charge < -0.3 is 20.1 Å². The summed E-state index contributed by atoms with van der Waals surface area (Å²) >= 11 is 0. The summed E-state index contributed by atoms with van der Waals surface area (Å²) < 4.78 is 10.7. The van der Waals surface area contributed by atoms with E-state index in [0.717, 1.165) is 78.2 Å². The summed E-state index contributed by atoms with van der Waals surface area (Å²) in [4.78, 5) is 9.19. The van der Waals surface area contributed by atoms with Crippen LogP contribution in [0.1, 0.15) is 12.8 Å². The Hall–Kier alpha value is -0.160. The fraction of sp³-hybridized carbons (Fsp3) is 0.938. The first-order chi connectivity index (χ1) is 11.4. The Morgan fingerprint density at radius 3 is 1.96 bits per heavy atom. The molecule has 0 spiro atoms. The molecule has 0 unspecified atom stereocenters. The van der Waals surface area contributed by atoms with Crippen LogP contribution in [0.3, 0.4) is 0 Å². The van der Waals surface area contributed by atoms with E-state index in [0.29, 0.717) is 0 Å². The number of halogens is 1. The SMILES string of the molecule is CN=C(NCCCCN1CCOCC1)NCCN1CCOCC1.I. The normalized spacial score (nSPS) is 20.5. The van der Waals surface area contributed by atoms with Gasteiger partial charge in [0.25, 0.3) is 0 Å². The van der Waals surface area contributed by atoms with Crippen LogP contribution in [0.25, 0.3) is 0 Å². The van der Waals surface area contributed by atoms with E-state index in [2.05, 4.69) is 25.4 Å². The lowest BCUT2D eigenvalue weighted by Crippen LogP contribution is -2.44. The number of aliphatic imine (C=N–C) groups is 1. The minimum Gasteiger partial charge on any atom is -0.379 e. The number of unbranched alkanes of at least 4 members (excludes halogenated alkanes) is 1. The van der Waals surface area contributed by atoms with Gasteiger partial charge in [0.2, 0.25) is 0 Å². The molecule has 0 radical (unpaired) electrons. The first kappa shape index (κ1) is 21.9. The average Bonchev–Trinajstić information content (AvgIpc) is 2.61. The number of nitrogens with zero attached hydrogens (tertiary/aromatic N) is 3. The summed E-state index contributed by atoms with van der Waals surface area (Å²) in [6.07, 6.45) is 2.39. The van der Waals surface area contributed by atoms with Crippen LogP contribution in [-0.4, -0.2) is 102 Å². The molecule has 8 heteroatoms. The van der Waals surface area contributed by atoms with E-state index >= 15 is 0 Å². The van der Waals surface area contributed by atoms with Crippen LogP contribution in [-0.2, 0) is 9.47 Å². The molecule has 2 aliphatic rings. The van der Waals surface area contributed by atoms with E-state index in [1.807, 2.05) is 7.05 Å². The molecule has 2 heterocycles. The van der Waals surface area contributed by atoms with Crippen LogP contribution in [0.2, 0.25) is 0 Å². The fourth-order valence-corrected chi connectivity index (χ4v) is 2.87. The molecule has 0 aromatic heterocycles. The molecule has 0 aromatic rings. The van der Waals surface area contributed by atoms with Gasteiger partial charge in [0.15, 0.2) is 5.96 Å². The summed E-state index contributed by atoms with van der Waals surface area (Å²) in [7, 11) is 1.83. The molecular formula is C16H34IN5O2. The molecule has 2 saturated heterocycles. The molecule has 24 heavy (non-hydrogen) atoms. The number of nitrogens with one attached hydrogen (secondary N) is 2. The Morgan fingerprint density at radius 2 is 1.38 bits per heavy atom. The summed E-state index contributed by atoms with van der Waals surface area (Å²) in [5.74, 6) is 0.907. The van der Waals surface area contributed by atoms with Crippen molar-refractivity contribution < 1.29 is 9.47 Å². The van der Waals surface area contributed by atoms with Crippen LogP contribution in [0.5, 0.6) is 0 Å². The van der Waals surface area contributed by atoms with Gasteiger partial charge in [0.1, 0.15) is 0 Å². The number of guanidine groups is 1. The maximum atomic E-state index is 5.37. The lowest BCUT2D eigenvalue weighted by Gasteiger charge is -2.27. The largest absolute Gasteiger partial charge is 0.379 e. The van der Waals surface area contributed by atoms with Crippen molar-refractivity contribution >= 4 is 29.9 Å². The first-order valence-corrected chi connectivity index (χ1v) is 8.93. The standard InChI is InChI=1S/C16H33N5O2.HI/c1-17-16(19-5-7-21-10-14-23-15-11-21)18-4-2-3-6-20-8-12-22-13-9-20;/h2-15H2,1H3,(H2,17,18,19);1H. The zero-order chi connectivity index (χ0) is 16.2. The third-order valence-electron chi connectivity index (χ3n) is 4.35. The van der Waals surface area contributed by atoms with Gasteiger partial charge in [-0.1, -0.05) is 0 Å². The lowest BCUT2D eigenvalue weighted by atomic mass is 10.3. The quantitative estimate of drug-likeness (QED) is 0.236. The van der Waals surface area contributed by atoms with Crippen molar-refractivity contribution in [2.24, 2.45) is 4.99 Å². The van der Waals surface area contributed by atoms with Crippen LogP contribution >= 0.6 is 24.0 Å². The zero-order valence-electron chi connectivity index (χ0n) is 15.0. The van der Waals surface area contributed by atoms with Crippen LogP contribution in [0.4, 0.5) is 0 Å². The Bertz CT molecular complexity index is 334. The maximum Gasteiger partial charge on any atom is 0.191 e. The molecule has 0 atom stereocenters. The highest BCUT2D eigenvalue weighted by atomic mass is 127. The number of rotatable bonds is 8. The van der Waals surface area contributed by atoms with Crippen molar-refractivity contribution in [3.63, 3.8) is 0 Å². The fourth-order valence-electron chi connectivity index (χ4n) is 2.87. The van der Waals surface area contributed by atoms with Crippen molar-refractivity contribution in [2.45, 2.75) is 12.8 Å². The summed E-state index contributed by atoms with van der Waals surface area (Å²) in [6, 6.07) is 0. The van der Waals surface area contributed by atoms with Gasteiger partial charge in [-0.05, 0) is 19.4 Å². The van der Waals surface area contributed by atoms with Crippen LogP contribution in [0, 0.1) is 0 Å². The summed E-state index contributed by atoms with van der Waals surface area (Å²) in [5.41, 5.74) is 0. The molecule has 142 valence electrons. The summed E-state index contributed by atoms with van der Waals surface area (Å²) in [6.45, 7) is 11.8. The molecule has 0 bridgehead atoms. The Kier molecular flexibility index (Phi) is 12.8. The van der Waals surface area contributed by atoms with Crippen LogP contribution in [0.15, 0.2) is 4.99 Å². The average molecular weight is 455 g/mol. The van der Waals surface area contributed by atoms with Crippen molar-refractivity contribution in [2.75, 3.05) is 85.8 Å². The van der Waals surface area contributed by atoms with Crippen molar-refractivity contribution in [1.29, 1.82) is 0 Å². The van der Waals surface area contributed by atoms with Gasteiger partial charge >= 0.3 is 0 Å². The van der Waals surface area contributed by atoms with Gasteiger partial charge in [0, 0.05) is 52.9 Å². The van der Waals surface area contributed by atoms with Crippen LogP contribution < -0.4 is 10.6 Å². The molecule has 2 aliphatic heterocycles. The highest BCUT2D eigenvalue weighted by molar-refractivity contribution is 14.0. The van der Waals surface area contributed by atoms with E-state index < -0.39 is 0 Å². The third-order valence-corrected chi connectivity index (χ3v) is 4.35. The minimum atomic E-state index is 0. The van der Waals surface area contributed by atoms with Crippen molar-refractivity contribution in [1.82, 2.24) is 20.4 Å². The number of hydrogen-bond acceptors (Lipinski definition) is 5. The van der Waals surface area contributed by atoms with E-state index in [1.165, 1.54) is 19.4 Å². The van der Waals surface area contributed by atoms with Gasteiger partial charge in [0.05, 0.1) is 26.4 Å².